The first kappa shape index (κ1) is 20.8. The topological polar surface area (TPSA) is 50.1 Å². The SMILES string of the molecule is COc1ccc(-c2cn3c(CC(=O)N4CCN(c5cccc(Cl)c5)CC4)csc3n2)cc1. The lowest BCUT2D eigenvalue weighted by Gasteiger charge is -2.36. The lowest BCUT2D eigenvalue weighted by molar-refractivity contribution is -0.130. The minimum atomic E-state index is 0.148. The van der Waals surface area contributed by atoms with Crippen LogP contribution in [0.25, 0.3) is 16.2 Å². The van der Waals surface area contributed by atoms with Gasteiger partial charge in [0.05, 0.1) is 19.2 Å². The number of hydrogen-bond acceptors (Lipinski definition) is 5. The molecule has 5 rings (SSSR count). The van der Waals surface area contributed by atoms with Gasteiger partial charge in [-0.05, 0) is 42.5 Å². The summed E-state index contributed by atoms with van der Waals surface area (Å²) >= 11 is 7.68. The van der Waals surface area contributed by atoms with E-state index in [1.807, 2.05) is 63.3 Å². The Hall–Kier alpha value is -3.03. The van der Waals surface area contributed by atoms with Crippen molar-refractivity contribution in [2.75, 3.05) is 38.2 Å². The zero-order valence-electron chi connectivity index (χ0n) is 17.7. The van der Waals surface area contributed by atoms with Crippen LogP contribution in [-0.2, 0) is 11.2 Å². The lowest BCUT2D eigenvalue weighted by atomic mass is 10.1. The van der Waals surface area contributed by atoms with Crippen LogP contribution in [0.1, 0.15) is 5.69 Å². The van der Waals surface area contributed by atoms with Crippen molar-refractivity contribution in [3.8, 4) is 17.0 Å². The zero-order valence-corrected chi connectivity index (χ0v) is 19.3. The molecule has 0 saturated carbocycles. The van der Waals surface area contributed by atoms with Crippen LogP contribution in [0, 0.1) is 0 Å². The van der Waals surface area contributed by atoms with Crippen LogP contribution in [0.3, 0.4) is 0 Å². The third-order valence-corrected chi connectivity index (χ3v) is 6.93. The Morgan fingerprint density at radius 1 is 1.12 bits per heavy atom. The van der Waals surface area contributed by atoms with Gasteiger partial charge in [0.25, 0.3) is 0 Å². The third-order valence-electron chi connectivity index (χ3n) is 5.81. The number of amides is 1. The molecule has 0 atom stereocenters. The van der Waals surface area contributed by atoms with E-state index in [1.165, 1.54) is 0 Å². The van der Waals surface area contributed by atoms with Crippen molar-refractivity contribution >= 4 is 39.5 Å². The first-order valence-corrected chi connectivity index (χ1v) is 11.7. The highest BCUT2D eigenvalue weighted by atomic mass is 35.5. The van der Waals surface area contributed by atoms with Crippen molar-refractivity contribution in [1.29, 1.82) is 0 Å². The molecule has 0 spiro atoms. The molecule has 0 aliphatic carbocycles. The van der Waals surface area contributed by atoms with Gasteiger partial charge in [-0.15, -0.1) is 11.3 Å². The first-order valence-electron chi connectivity index (χ1n) is 10.5. The molecule has 1 fully saturated rings. The maximum Gasteiger partial charge on any atom is 0.228 e. The standard InChI is InChI=1S/C24H23ClN4O2S/c1-31-21-7-5-17(6-8-21)22-15-29-20(16-32-24(29)26-22)14-23(30)28-11-9-27(10-12-28)19-4-2-3-18(25)13-19/h2-8,13,15-16H,9-12,14H2,1H3. The smallest absolute Gasteiger partial charge is 0.228 e. The molecule has 1 aliphatic heterocycles. The van der Waals surface area contributed by atoms with Gasteiger partial charge in [-0.2, -0.15) is 0 Å². The minimum Gasteiger partial charge on any atom is -0.497 e. The molecule has 2 aromatic heterocycles. The van der Waals surface area contributed by atoms with Gasteiger partial charge in [0.15, 0.2) is 4.96 Å². The lowest BCUT2D eigenvalue weighted by Crippen LogP contribution is -2.49. The molecule has 1 saturated heterocycles. The second-order valence-electron chi connectivity index (χ2n) is 7.76. The number of aromatic nitrogens is 2. The number of anilines is 1. The number of methoxy groups -OCH3 is 1. The average molecular weight is 467 g/mol. The van der Waals surface area contributed by atoms with Crippen LogP contribution >= 0.6 is 22.9 Å². The maximum atomic E-state index is 13.0. The summed E-state index contributed by atoms with van der Waals surface area (Å²) in [7, 11) is 1.65. The molecular weight excluding hydrogens is 444 g/mol. The fourth-order valence-electron chi connectivity index (χ4n) is 4.01. The molecule has 1 aliphatic rings. The molecule has 4 aromatic rings. The van der Waals surface area contributed by atoms with Crippen molar-refractivity contribution in [2.24, 2.45) is 0 Å². The predicted octanol–water partition coefficient (Wildman–Crippen LogP) is 4.62. The molecule has 0 bridgehead atoms. The van der Waals surface area contributed by atoms with E-state index in [4.69, 9.17) is 21.3 Å². The number of thiazole rings is 1. The highest BCUT2D eigenvalue weighted by Crippen LogP contribution is 2.26. The van der Waals surface area contributed by atoms with E-state index in [2.05, 4.69) is 11.0 Å². The number of carbonyl (C=O) groups excluding carboxylic acids is 1. The normalized spacial score (nSPS) is 14.2. The number of nitrogens with zero attached hydrogens (tertiary/aromatic N) is 4. The van der Waals surface area contributed by atoms with Crippen LogP contribution in [0.5, 0.6) is 5.75 Å². The van der Waals surface area contributed by atoms with Crippen LogP contribution in [-0.4, -0.2) is 53.5 Å². The summed E-state index contributed by atoms with van der Waals surface area (Å²) in [6.07, 6.45) is 2.38. The number of piperazine rings is 1. The fraction of sp³-hybridized carbons (Fsp3) is 0.250. The summed E-state index contributed by atoms with van der Waals surface area (Å²) in [4.78, 5) is 22.8. The van der Waals surface area contributed by atoms with Gasteiger partial charge in [0.2, 0.25) is 5.91 Å². The number of rotatable bonds is 5. The summed E-state index contributed by atoms with van der Waals surface area (Å²) in [6.45, 7) is 3.02. The Balaban J connectivity index is 1.25. The highest BCUT2D eigenvalue weighted by Gasteiger charge is 2.23. The van der Waals surface area contributed by atoms with Crippen molar-refractivity contribution in [1.82, 2.24) is 14.3 Å². The molecule has 0 unspecified atom stereocenters. The summed E-state index contributed by atoms with van der Waals surface area (Å²) in [5.41, 5.74) is 3.99. The van der Waals surface area contributed by atoms with Crippen LogP contribution in [0.4, 0.5) is 5.69 Å². The molecule has 3 heterocycles. The summed E-state index contributed by atoms with van der Waals surface area (Å²) in [5.74, 6) is 0.964. The van der Waals surface area contributed by atoms with Crippen molar-refractivity contribution in [2.45, 2.75) is 6.42 Å². The quantitative estimate of drug-likeness (QED) is 0.431. The number of ether oxygens (including phenoxy) is 1. The molecular formula is C24H23ClN4O2S. The number of imidazole rings is 1. The Labute approximate surface area is 195 Å². The van der Waals surface area contributed by atoms with E-state index < -0.39 is 0 Å². The van der Waals surface area contributed by atoms with Gasteiger partial charge < -0.3 is 14.5 Å². The average Bonchev–Trinajstić information content (AvgIpc) is 3.41. The van der Waals surface area contributed by atoms with Crippen LogP contribution < -0.4 is 9.64 Å². The largest absolute Gasteiger partial charge is 0.497 e. The van der Waals surface area contributed by atoms with Crippen molar-refractivity contribution in [3.05, 3.63) is 70.8 Å². The molecule has 164 valence electrons. The first-order chi connectivity index (χ1) is 15.6. The predicted molar refractivity (Wildman–Crippen MR) is 129 cm³/mol. The van der Waals surface area contributed by atoms with Gasteiger partial charge in [-0.1, -0.05) is 17.7 Å². The maximum absolute atomic E-state index is 13.0. The molecule has 0 N–H and O–H groups in total. The fourth-order valence-corrected chi connectivity index (χ4v) is 5.07. The van der Waals surface area contributed by atoms with Gasteiger partial charge in [-0.25, -0.2) is 4.98 Å². The summed E-state index contributed by atoms with van der Waals surface area (Å²) < 4.78 is 7.26. The number of benzene rings is 2. The van der Waals surface area contributed by atoms with Crippen LogP contribution in [0.15, 0.2) is 60.1 Å². The summed E-state index contributed by atoms with van der Waals surface area (Å²) in [5, 5.41) is 2.76. The van der Waals surface area contributed by atoms with E-state index in [0.29, 0.717) is 19.5 Å². The van der Waals surface area contributed by atoms with Crippen molar-refractivity contribution < 1.29 is 9.53 Å². The highest BCUT2D eigenvalue weighted by molar-refractivity contribution is 7.15. The van der Waals surface area contributed by atoms with E-state index in [1.54, 1.807) is 18.4 Å². The molecule has 6 nitrogen and oxygen atoms in total. The zero-order chi connectivity index (χ0) is 22.1. The van der Waals surface area contributed by atoms with Gasteiger partial charge in [0, 0.05) is 59.7 Å². The Bertz CT molecular complexity index is 1240. The van der Waals surface area contributed by atoms with Gasteiger partial charge in [-0.3, -0.25) is 9.20 Å². The second-order valence-corrected chi connectivity index (χ2v) is 9.03. The third kappa shape index (κ3) is 4.18. The summed E-state index contributed by atoms with van der Waals surface area (Å²) in [6, 6.07) is 15.7. The van der Waals surface area contributed by atoms with E-state index in [-0.39, 0.29) is 5.91 Å². The van der Waals surface area contributed by atoms with Crippen molar-refractivity contribution in [3.63, 3.8) is 0 Å². The Morgan fingerprint density at radius 2 is 1.91 bits per heavy atom. The molecule has 1 amide bonds. The van der Waals surface area contributed by atoms with Gasteiger partial charge in [0.1, 0.15) is 5.75 Å². The number of carbonyl (C=O) groups is 1. The second kappa shape index (κ2) is 8.84. The molecule has 0 radical (unpaired) electrons. The minimum absolute atomic E-state index is 0.148. The Morgan fingerprint density at radius 3 is 2.62 bits per heavy atom. The molecule has 32 heavy (non-hydrogen) atoms. The van der Waals surface area contributed by atoms with Gasteiger partial charge >= 0.3 is 0 Å². The Kier molecular flexibility index (Phi) is 5.76. The molecule has 2 aromatic carbocycles. The van der Waals surface area contributed by atoms with E-state index in [9.17, 15) is 4.79 Å². The van der Waals surface area contributed by atoms with E-state index in [0.717, 1.165) is 51.5 Å². The monoisotopic (exact) mass is 466 g/mol. The number of halogens is 1. The van der Waals surface area contributed by atoms with Crippen LogP contribution in [0.2, 0.25) is 5.02 Å². The molecule has 8 heteroatoms. The number of hydrogen-bond donors (Lipinski definition) is 0. The van der Waals surface area contributed by atoms with E-state index >= 15 is 0 Å². The number of fused-ring (bicyclic) bond motifs is 1.